The zero-order valence-corrected chi connectivity index (χ0v) is 12.1. The summed E-state index contributed by atoms with van der Waals surface area (Å²) >= 11 is 0. The molecule has 4 atom stereocenters. The molecule has 1 aliphatic carbocycles. The molecule has 0 aromatic carbocycles. The Balaban J connectivity index is 2.32. The van der Waals surface area contributed by atoms with Crippen molar-refractivity contribution in [1.29, 1.82) is 0 Å². The van der Waals surface area contributed by atoms with Gasteiger partial charge in [0.25, 0.3) is 0 Å². The van der Waals surface area contributed by atoms with Crippen LogP contribution in [0.5, 0.6) is 0 Å². The molecular formula is C14H26N2O3. The number of hydrogen-bond donors (Lipinski definition) is 3. The fourth-order valence-corrected chi connectivity index (χ4v) is 2.63. The van der Waals surface area contributed by atoms with Crippen molar-refractivity contribution in [3.63, 3.8) is 0 Å². The average molecular weight is 270 g/mol. The van der Waals surface area contributed by atoms with Crippen molar-refractivity contribution in [3.05, 3.63) is 0 Å². The fourth-order valence-electron chi connectivity index (χ4n) is 2.63. The zero-order chi connectivity index (χ0) is 14.4. The summed E-state index contributed by atoms with van der Waals surface area (Å²) in [6, 6.07) is -0.0633. The molecule has 4 unspecified atom stereocenters. The maximum atomic E-state index is 11.8. The van der Waals surface area contributed by atoms with Gasteiger partial charge in [0.1, 0.15) is 0 Å². The maximum absolute atomic E-state index is 11.8. The molecule has 2 amide bonds. The van der Waals surface area contributed by atoms with Crippen molar-refractivity contribution in [1.82, 2.24) is 10.6 Å². The number of carbonyl (C=O) groups excluding carboxylic acids is 1. The standard InChI is InChI=1S/C14H26N2O3/c1-9-5-4-6-12(11(9)3)16-14(19)15-10(2)7-8-13(17)18/h9-12H,4-8H2,1-3H3,(H,17,18)(H2,15,16,19). The lowest BCUT2D eigenvalue weighted by molar-refractivity contribution is -0.137. The largest absolute Gasteiger partial charge is 0.481 e. The van der Waals surface area contributed by atoms with Gasteiger partial charge in [0.15, 0.2) is 0 Å². The van der Waals surface area contributed by atoms with E-state index in [1.54, 1.807) is 0 Å². The molecule has 3 N–H and O–H groups in total. The predicted octanol–water partition coefficient (Wildman–Crippen LogP) is 2.36. The van der Waals surface area contributed by atoms with Crippen LogP contribution in [-0.4, -0.2) is 29.2 Å². The summed E-state index contributed by atoms with van der Waals surface area (Å²) in [6.07, 6.45) is 3.96. The van der Waals surface area contributed by atoms with Gasteiger partial charge in [-0.2, -0.15) is 0 Å². The Labute approximate surface area is 115 Å². The molecule has 0 heterocycles. The number of carboxylic acid groups (broad SMARTS) is 1. The summed E-state index contributed by atoms with van der Waals surface area (Å²) in [7, 11) is 0. The highest BCUT2D eigenvalue weighted by Gasteiger charge is 2.28. The van der Waals surface area contributed by atoms with Crippen LogP contribution in [-0.2, 0) is 4.79 Å². The third-order valence-corrected chi connectivity index (χ3v) is 4.19. The van der Waals surface area contributed by atoms with E-state index in [1.165, 1.54) is 6.42 Å². The van der Waals surface area contributed by atoms with Crippen molar-refractivity contribution < 1.29 is 14.7 Å². The number of nitrogens with one attached hydrogen (secondary N) is 2. The molecule has 0 radical (unpaired) electrons. The number of urea groups is 1. The molecule has 110 valence electrons. The van der Waals surface area contributed by atoms with Gasteiger partial charge in [-0.05, 0) is 31.6 Å². The molecule has 1 fully saturated rings. The molecule has 19 heavy (non-hydrogen) atoms. The molecule has 0 aromatic rings. The second-order valence-electron chi connectivity index (χ2n) is 5.83. The van der Waals surface area contributed by atoms with E-state index in [9.17, 15) is 9.59 Å². The van der Waals surface area contributed by atoms with Crippen LogP contribution < -0.4 is 10.6 Å². The summed E-state index contributed by atoms with van der Waals surface area (Å²) in [5, 5.41) is 14.4. The van der Waals surface area contributed by atoms with E-state index in [0.29, 0.717) is 18.3 Å². The predicted molar refractivity (Wildman–Crippen MR) is 74.0 cm³/mol. The van der Waals surface area contributed by atoms with E-state index in [-0.39, 0.29) is 24.5 Å². The lowest BCUT2D eigenvalue weighted by atomic mass is 9.78. The number of carboxylic acids is 1. The van der Waals surface area contributed by atoms with Crippen LogP contribution in [0.25, 0.3) is 0 Å². The van der Waals surface area contributed by atoms with E-state index in [1.807, 2.05) is 6.92 Å². The van der Waals surface area contributed by atoms with Crippen LogP contribution in [0, 0.1) is 11.8 Å². The maximum Gasteiger partial charge on any atom is 0.315 e. The van der Waals surface area contributed by atoms with Gasteiger partial charge in [0.05, 0.1) is 0 Å². The van der Waals surface area contributed by atoms with Crippen LogP contribution in [0.2, 0.25) is 0 Å². The van der Waals surface area contributed by atoms with Crippen molar-refractivity contribution in [2.24, 2.45) is 11.8 Å². The first-order valence-corrected chi connectivity index (χ1v) is 7.19. The number of rotatable bonds is 5. The summed E-state index contributed by atoms with van der Waals surface area (Å²) in [5.74, 6) is 0.307. The van der Waals surface area contributed by atoms with Gasteiger partial charge in [-0.1, -0.05) is 26.7 Å². The Morgan fingerprint density at radius 2 is 2.00 bits per heavy atom. The summed E-state index contributed by atoms with van der Waals surface area (Å²) in [4.78, 5) is 22.3. The van der Waals surface area contributed by atoms with Gasteiger partial charge in [0, 0.05) is 18.5 Å². The molecule has 0 saturated heterocycles. The first-order valence-electron chi connectivity index (χ1n) is 7.19. The van der Waals surface area contributed by atoms with Crippen LogP contribution in [0.4, 0.5) is 4.79 Å². The minimum Gasteiger partial charge on any atom is -0.481 e. The Bertz CT molecular complexity index is 320. The first-order chi connectivity index (χ1) is 8.90. The molecule has 0 spiro atoms. The van der Waals surface area contributed by atoms with E-state index in [0.717, 1.165) is 12.8 Å². The van der Waals surface area contributed by atoms with Gasteiger partial charge in [0.2, 0.25) is 0 Å². The lowest BCUT2D eigenvalue weighted by Gasteiger charge is -2.34. The molecule has 5 nitrogen and oxygen atoms in total. The Morgan fingerprint density at radius 1 is 1.32 bits per heavy atom. The number of amides is 2. The Hall–Kier alpha value is -1.26. The molecule has 0 bridgehead atoms. The molecule has 1 saturated carbocycles. The van der Waals surface area contributed by atoms with E-state index in [2.05, 4.69) is 24.5 Å². The van der Waals surface area contributed by atoms with E-state index in [4.69, 9.17) is 5.11 Å². The molecule has 1 rings (SSSR count). The van der Waals surface area contributed by atoms with Crippen molar-refractivity contribution in [2.75, 3.05) is 0 Å². The summed E-state index contributed by atoms with van der Waals surface area (Å²) in [5.41, 5.74) is 0. The third-order valence-electron chi connectivity index (χ3n) is 4.19. The fraction of sp³-hybridized carbons (Fsp3) is 0.857. The highest BCUT2D eigenvalue weighted by molar-refractivity contribution is 5.74. The minimum atomic E-state index is -0.830. The number of aliphatic carboxylic acids is 1. The number of hydrogen-bond acceptors (Lipinski definition) is 2. The van der Waals surface area contributed by atoms with Gasteiger partial charge in [-0.25, -0.2) is 4.79 Å². The normalized spacial score (nSPS) is 28.5. The molecule has 5 heteroatoms. The zero-order valence-electron chi connectivity index (χ0n) is 12.1. The topological polar surface area (TPSA) is 78.4 Å². The SMILES string of the molecule is CC(CCC(=O)O)NC(=O)NC1CCCC(C)C1C. The minimum absolute atomic E-state index is 0.0817. The third kappa shape index (κ3) is 5.49. The smallest absolute Gasteiger partial charge is 0.315 e. The van der Waals surface area contributed by atoms with Gasteiger partial charge >= 0.3 is 12.0 Å². The van der Waals surface area contributed by atoms with Crippen molar-refractivity contribution in [2.45, 2.75) is 65.0 Å². The van der Waals surface area contributed by atoms with E-state index < -0.39 is 5.97 Å². The number of carbonyl (C=O) groups is 2. The molecular weight excluding hydrogens is 244 g/mol. The van der Waals surface area contributed by atoms with Crippen LogP contribution in [0.1, 0.15) is 52.9 Å². The highest BCUT2D eigenvalue weighted by atomic mass is 16.4. The van der Waals surface area contributed by atoms with Crippen molar-refractivity contribution in [3.8, 4) is 0 Å². The second kappa shape index (κ2) is 7.36. The second-order valence-corrected chi connectivity index (χ2v) is 5.83. The Morgan fingerprint density at radius 3 is 2.63 bits per heavy atom. The molecule has 0 aliphatic heterocycles. The Kier molecular flexibility index (Phi) is 6.12. The lowest BCUT2D eigenvalue weighted by Crippen LogP contribution is -2.49. The van der Waals surface area contributed by atoms with E-state index >= 15 is 0 Å². The van der Waals surface area contributed by atoms with Crippen LogP contribution >= 0.6 is 0 Å². The quantitative estimate of drug-likeness (QED) is 0.717. The van der Waals surface area contributed by atoms with Crippen LogP contribution in [0.15, 0.2) is 0 Å². The summed E-state index contributed by atoms with van der Waals surface area (Å²) in [6.45, 7) is 6.24. The summed E-state index contributed by atoms with van der Waals surface area (Å²) < 4.78 is 0. The van der Waals surface area contributed by atoms with Gasteiger partial charge in [-0.15, -0.1) is 0 Å². The van der Waals surface area contributed by atoms with Crippen LogP contribution in [0.3, 0.4) is 0 Å². The molecule has 1 aliphatic rings. The first kappa shape index (κ1) is 15.8. The molecule has 0 aromatic heterocycles. The van der Waals surface area contributed by atoms with Gasteiger partial charge in [-0.3, -0.25) is 4.79 Å². The van der Waals surface area contributed by atoms with Crippen molar-refractivity contribution >= 4 is 12.0 Å². The van der Waals surface area contributed by atoms with Gasteiger partial charge < -0.3 is 15.7 Å². The average Bonchev–Trinajstić information content (AvgIpc) is 2.32. The highest BCUT2D eigenvalue weighted by Crippen LogP contribution is 2.29. The monoisotopic (exact) mass is 270 g/mol.